The van der Waals surface area contributed by atoms with Gasteiger partial charge in [-0.3, -0.25) is 9.79 Å². The normalized spacial score (nSPS) is 17.6. The van der Waals surface area contributed by atoms with Crippen LogP contribution in [0.25, 0.3) is 0 Å². The highest BCUT2D eigenvalue weighted by atomic mass is 32.2. The summed E-state index contributed by atoms with van der Waals surface area (Å²) < 4.78 is 22.6. The Labute approximate surface area is 164 Å². The molecule has 1 rings (SSSR count). The molecule has 0 aromatic heterocycles. The predicted molar refractivity (Wildman–Crippen MR) is 111 cm³/mol. The van der Waals surface area contributed by atoms with E-state index in [4.69, 9.17) is 0 Å². The van der Waals surface area contributed by atoms with Crippen LogP contribution in [0.3, 0.4) is 0 Å². The highest BCUT2D eigenvalue weighted by molar-refractivity contribution is 7.90. The maximum absolute atomic E-state index is 12.1. The Hall–Kier alpha value is -1.35. The molecule has 1 aliphatic heterocycles. The lowest BCUT2D eigenvalue weighted by atomic mass is 9.92. The number of amides is 1. The van der Waals surface area contributed by atoms with Crippen molar-refractivity contribution in [3.63, 3.8) is 0 Å². The summed E-state index contributed by atoms with van der Waals surface area (Å²) in [6.45, 7) is 11.8. The average Bonchev–Trinajstić information content (AvgIpc) is 2.59. The zero-order chi connectivity index (χ0) is 20.5. The zero-order valence-electron chi connectivity index (χ0n) is 17.5. The minimum atomic E-state index is -2.92. The number of carbonyl (C=O) groups excluding carboxylic acids is 1. The summed E-state index contributed by atoms with van der Waals surface area (Å²) in [5.41, 5.74) is -0.562. The number of likely N-dealkylation sites (tertiary alicyclic amines) is 1. The summed E-state index contributed by atoms with van der Waals surface area (Å²) in [6, 6.07) is 0.296. The summed E-state index contributed by atoms with van der Waals surface area (Å²) in [6.07, 6.45) is 3.16. The summed E-state index contributed by atoms with van der Waals surface area (Å²) >= 11 is 0. The molecule has 1 heterocycles. The Morgan fingerprint density at radius 2 is 1.74 bits per heavy atom. The lowest BCUT2D eigenvalue weighted by Crippen LogP contribution is -2.49. The molecule has 0 aromatic rings. The molecular formula is C18H37N5O3S. The van der Waals surface area contributed by atoms with Crippen LogP contribution in [0, 0.1) is 5.41 Å². The zero-order valence-corrected chi connectivity index (χ0v) is 18.3. The Morgan fingerprint density at radius 1 is 1.15 bits per heavy atom. The molecule has 0 aromatic carbocycles. The van der Waals surface area contributed by atoms with Gasteiger partial charge in [0.15, 0.2) is 5.96 Å². The van der Waals surface area contributed by atoms with E-state index in [9.17, 15) is 13.2 Å². The Kier molecular flexibility index (Phi) is 9.52. The van der Waals surface area contributed by atoms with Gasteiger partial charge in [0.05, 0.1) is 17.7 Å². The molecule has 1 fully saturated rings. The molecule has 0 radical (unpaired) electrons. The van der Waals surface area contributed by atoms with Gasteiger partial charge in [-0.2, -0.15) is 0 Å². The summed E-state index contributed by atoms with van der Waals surface area (Å²) in [5.74, 6) is 0.942. The van der Waals surface area contributed by atoms with E-state index < -0.39 is 15.3 Å². The predicted octanol–water partition coefficient (Wildman–Crippen LogP) is 0.213. The van der Waals surface area contributed by atoms with Crippen LogP contribution in [0.5, 0.6) is 0 Å². The first-order chi connectivity index (χ1) is 12.6. The molecule has 27 heavy (non-hydrogen) atoms. The van der Waals surface area contributed by atoms with Crippen LogP contribution in [-0.4, -0.2) is 82.5 Å². The fourth-order valence-electron chi connectivity index (χ4n) is 2.86. The van der Waals surface area contributed by atoms with Crippen LogP contribution < -0.4 is 16.0 Å². The average molecular weight is 404 g/mol. The van der Waals surface area contributed by atoms with E-state index >= 15 is 0 Å². The number of carbonyl (C=O) groups is 1. The largest absolute Gasteiger partial charge is 0.357 e. The van der Waals surface area contributed by atoms with E-state index in [0.717, 1.165) is 38.4 Å². The van der Waals surface area contributed by atoms with E-state index in [2.05, 4.69) is 25.8 Å². The molecule has 0 bridgehead atoms. The molecule has 0 unspecified atom stereocenters. The number of hydrogen-bond acceptors (Lipinski definition) is 5. The van der Waals surface area contributed by atoms with Crippen molar-refractivity contribution >= 4 is 21.7 Å². The van der Waals surface area contributed by atoms with E-state index in [-0.39, 0.29) is 11.7 Å². The second-order valence-corrected chi connectivity index (χ2v) is 10.1. The third kappa shape index (κ3) is 9.41. The molecule has 158 valence electrons. The maximum atomic E-state index is 12.1. The number of sulfone groups is 1. The first kappa shape index (κ1) is 23.7. The van der Waals surface area contributed by atoms with E-state index in [0.29, 0.717) is 25.7 Å². The molecule has 0 spiro atoms. The molecular weight excluding hydrogens is 366 g/mol. The minimum Gasteiger partial charge on any atom is -0.357 e. The van der Waals surface area contributed by atoms with Crippen molar-refractivity contribution < 1.29 is 13.2 Å². The number of piperidine rings is 1. The number of hydrogen-bond donors (Lipinski definition) is 3. The van der Waals surface area contributed by atoms with Gasteiger partial charge in [-0.05, 0) is 40.5 Å². The van der Waals surface area contributed by atoms with Gasteiger partial charge in [0, 0.05) is 45.0 Å². The molecule has 0 aliphatic carbocycles. The summed E-state index contributed by atoms with van der Waals surface area (Å²) in [5, 5.41) is 9.55. The Morgan fingerprint density at radius 3 is 2.26 bits per heavy atom. The summed E-state index contributed by atoms with van der Waals surface area (Å²) in [4.78, 5) is 18.9. The molecule has 0 atom stereocenters. The molecule has 8 nitrogen and oxygen atoms in total. The number of aliphatic imine (C=N–C) groups is 1. The van der Waals surface area contributed by atoms with Crippen molar-refractivity contribution in [2.75, 3.05) is 51.3 Å². The SMILES string of the molecule is CCNC(=O)C(C)(C)CN=C(NCC)NC1CCN(CCS(C)(=O)=O)CC1. The van der Waals surface area contributed by atoms with Crippen molar-refractivity contribution in [1.29, 1.82) is 0 Å². The van der Waals surface area contributed by atoms with E-state index in [1.807, 2.05) is 27.7 Å². The van der Waals surface area contributed by atoms with E-state index in [1.54, 1.807) is 0 Å². The van der Waals surface area contributed by atoms with Crippen molar-refractivity contribution in [2.45, 2.75) is 46.6 Å². The van der Waals surface area contributed by atoms with Crippen LogP contribution in [0.2, 0.25) is 0 Å². The quantitative estimate of drug-likeness (QED) is 0.376. The first-order valence-electron chi connectivity index (χ1n) is 9.80. The molecule has 3 N–H and O–H groups in total. The van der Waals surface area contributed by atoms with Crippen molar-refractivity contribution in [3.8, 4) is 0 Å². The lowest BCUT2D eigenvalue weighted by Gasteiger charge is -2.33. The Bertz CT molecular complexity index is 596. The van der Waals surface area contributed by atoms with Gasteiger partial charge < -0.3 is 20.9 Å². The minimum absolute atomic E-state index is 0.00350. The number of nitrogens with one attached hydrogen (secondary N) is 3. The van der Waals surface area contributed by atoms with Gasteiger partial charge in [-0.25, -0.2) is 8.42 Å². The molecule has 1 aliphatic rings. The second kappa shape index (κ2) is 10.8. The van der Waals surface area contributed by atoms with Crippen LogP contribution >= 0.6 is 0 Å². The molecule has 1 saturated heterocycles. The number of guanidine groups is 1. The maximum Gasteiger partial charge on any atom is 0.227 e. The van der Waals surface area contributed by atoms with Crippen LogP contribution in [0.1, 0.15) is 40.5 Å². The van der Waals surface area contributed by atoms with Crippen molar-refractivity contribution in [2.24, 2.45) is 10.4 Å². The van der Waals surface area contributed by atoms with Crippen LogP contribution in [0.4, 0.5) is 0 Å². The monoisotopic (exact) mass is 403 g/mol. The molecule has 9 heteroatoms. The fourth-order valence-corrected chi connectivity index (χ4v) is 3.45. The van der Waals surface area contributed by atoms with Gasteiger partial charge in [0.25, 0.3) is 0 Å². The third-order valence-corrected chi connectivity index (χ3v) is 5.56. The fraction of sp³-hybridized carbons (Fsp3) is 0.889. The van der Waals surface area contributed by atoms with Gasteiger partial charge in [-0.15, -0.1) is 0 Å². The number of nitrogens with zero attached hydrogens (tertiary/aromatic N) is 2. The molecule has 1 amide bonds. The molecule has 0 saturated carbocycles. The van der Waals surface area contributed by atoms with E-state index in [1.165, 1.54) is 6.26 Å². The van der Waals surface area contributed by atoms with Gasteiger partial charge in [0.1, 0.15) is 9.84 Å². The third-order valence-electron chi connectivity index (χ3n) is 4.64. The van der Waals surface area contributed by atoms with Gasteiger partial charge >= 0.3 is 0 Å². The lowest BCUT2D eigenvalue weighted by molar-refractivity contribution is -0.128. The van der Waals surface area contributed by atoms with Crippen molar-refractivity contribution in [1.82, 2.24) is 20.9 Å². The first-order valence-corrected chi connectivity index (χ1v) is 11.9. The second-order valence-electron chi connectivity index (χ2n) is 7.83. The topological polar surface area (TPSA) is 103 Å². The Balaban J connectivity index is 2.54. The van der Waals surface area contributed by atoms with Crippen molar-refractivity contribution in [3.05, 3.63) is 0 Å². The summed E-state index contributed by atoms with van der Waals surface area (Å²) in [7, 11) is -2.92. The smallest absolute Gasteiger partial charge is 0.227 e. The standard InChI is InChI=1S/C18H37N5O3S/c1-6-19-16(24)18(3,4)14-21-17(20-7-2)22-15-8-10-23(11-9-15)12-13-27(5,25)26/h15H,6-14H2,1-5H3,(H,19,24)(H2,20,21,22). The number of rotatable bonds is 9. The van der Waals surface area contributed by atoms with Crippen LogP contribution in [0.15, 0.2) is 4.99 Å². The van der Waals surface area contributed by atoms with Crippen LogP contribution in [-0.2, 0) is 14.6 Å². The highest BCUT2D eigenvalue weighted by Gasteiger charge is 2.27. The van der Waals surface area contributed by atoms with Gasteiger partial charge in [-0.1, -0.05) is 0 Å². The van der Waals surface area contributed by atoms with Gasteiger partial charge in [0.2, 0.25) is 5.91 Å². The highest BCUT2D eigenvalue weighted by Crippen LogP contribution is 2.16.